The highest BCUT2D eigenvalue weighted by molar-refractivity contribution is 14.0. The molecule has 0 bridgehead atoms. The van der Waals surface area contributed by atoms with Crippen LogP contribution in [0, 0.1) is 0 Å². The fourth-order valence-corrected chi connectivity index (χ4v) is 4.36. The summed E-state index contributed by atoms with van der Waals surface area (Å²) in [5, 5.41) is 3.33. The molecule has 2 N–H and O–H groups in total. The monoisotopic (exact) mass is 558 g/mol. The molecule has 0 spiro atoms. The van der Waals surface area contributed by atoms with Gasteiger partial charge in [0.25, 0.3) is 0 Å². The molecule has 2 aliphatic heterocycles. The number of carbonyl (C=O) groups excluding carboxylic acids is 1. The van der Waals surface area contributed by atoms with Gasteiger partial charge in [0.2, 0.25) is 15.9 Å². The van der Waals surface area contributed by atoms with Gasteiger partial charge < -0.3 is 15.1 Å². The van der Waals surface area contributed by atoms with Crippen LogP contribution in [0.4, 0.5) is 0 Å². The highest BCUT2D eigenvalue weighted by Gasteiger charge is 2.30. The molecule has 0 aromatic carbocycles. The molecule has 11 heteroatoms. The van der Waals surface area contributed by atoms with E-state index in [0.717, 1.165) is 64.6 Å². The highest BCUT2D eigenvalue weighted by Crippen LogP contribution is 2.14. The van der Waals surface area contributed by atoms with Crippen molar-refractivity contribution in [1.29, 1.82) is 0 Å². The van der Waals surface area contributed by atoms with Crippen LogP contribution < -0.4 is 10.0 Å². The van der Waals surface area contributed by atoms with E-state index in [9.17, 15) is 13.2 Å². The molecule has 0 radical (unpaired) electrons. The third-order valence-corrected chi connectivity index (χ3v) is 6.97. The number of guanidine groups is 1. The third kappa shape index (κ3) is 8.46. The Hall–Kier alpha value is -0.660. The molecule has 9 nitrogen and oxygen atoms in total. The van der Waals surface area contributed by atoms with E-state index in [1.165, 1.54) is 0 Å². The first-order valence-electron chi connectivity index (χ1n) is 10.9. The summed E-state index contributed by atoms with van der Waals surface area (Å²) in [5.41, 5.74) is 0. The minimum Gasteiger partial charge on any atom is -0.357 e. The predicted octanol–water partition coefficient (Wildman–Crippen LogP) is 0.528. The van der Waals surface area contributed by atoms with Crippen LogP contribution in [0.25, 0.3) is 0 Å². The van der Waals surface area contributed by atoms with Gasteiger partial charge in [-0.1, -0.05) is 0 Å². The number of nitrogens with zero attached hydrogens (tertiary/aromatic N) is 4. The van der Waals surface area contributed by atoms with E-state index in [1.807, 2.05) is 18.7 Å². The summed E-state index contributed by atoms with van der Waals surface area (Å²) in [6, 6.07) is -0.0682. The molecule has 1 unspecified atom stereocenters. The van der Waals surface area contributed by atoms with Crippen LogP contribution in [0.2, 0.25) is 0 Å². The first-order chi connectivity index (χ1) is 13.9. The average molecular weight is 559 g/mol. The molecule has 2 heterocycles. The van der Waals surface area contributed by atoms with Crippen molar-refractivity contribution in [3.05, 3.63) is 0 Å². The molecule has 2 rings (SSSR count). The van der Waals surface area contributed by atoms with Crippen LogP contribution in [-0.2, 0) is 14.8 Å². The molecule has 1 atom stereocenters. The van der Waals surface area contributed by atoms with Crippen molar-refractivity contribution in [3.8, 4) is 0 Å². The lowest BCUT2D eigenvalue weighted by molar-refractivity contribution is -0.135. The van der Waals surface area contributed by atoms with Crippen molar-refractivity contribution < 1.29 is 13.2 Å². The zero-order valence-corrected chi connectivity index (χ0v) is 21.7. The molecule has 0 aliphatic carbocycles. The summed E-state index contributed by atoms with van der Waals surface area (Å²) in [6.07, 6.45) is 2.90. The van der Waals surface area contributed by atoms with Crippen LogP contribution in [0.5, 0.6) is 0 Å². The van der Waals surface area contributed by atoms with E-state index >= 15 is 0 Å². The van der Waals surface area contributed by atoms with Gasteiger partial charge in [0, 0.05) is 58.9 Å². The molecule has 176 valence electrons. The van der Waals surface area contributed by atoms with Gasteiger partial charge in [-0.05, 0) is 40.0 Å². The molecular weight excluding hydrogens is 519 g/mol. The minimum atomic E-state index is -3.14. The molecule has 0 aromatic heterocycles. The molecule has 0 saturated carbocycles. The van der Waals surface area contributed by atoms with Gasteiger partial charge in [0.1, 0.15) is 0 Å². The first-order valence-corrected chi connectivity index (χ1v) is 12.6. The van der Waals surface area contributed by atoms with Gasteiger partial charge in [0.15, 0.2) is 5.96 Å². The minimum absolute atomic E-state index is 0. The normalized spacial score (nSPS) is 19.5. The van der Waals surface area contributed by atoms with E-state index in [4.69, 9.17) is 0 Å². The lowest BCUT2D eigenvalue weighted by Crippen LogP contribution is -2.57. The second-order valence-corrected chi connectivity index (χ2v) is 9.71. The van der Waals surface area contributed by atoms with Crippen molar-refractivity contribution in [2.24, 2.45) is 4.99 Å². The number of aliphatic imine (C=N–C) groups is 1. The van der Waals surface area contributed by atoms with Crippen LogP contribution in [0.15, 0.2) is 4.99 Å². The Morgan fingerprint density at radius 3 is 2.23 bits per heavy atom. The summed E-state index contributed by atoms with van der Waals surface area (Å²) in [7, 11) is -3.14. The van der Waals surface area contributed by atoms with E-state index < -0.39 is 10.0 Å². The van der Waals surface area contributed by atoms with E-state index in [0.29, 0.717) is 19.5 Å². The van der Waals surface area contributed by atoms with E-state index in [1.54, 1.807) is 6.92 Å². The number of carbonyl (C=O) groups is 1. The van der Waals surface area contributed by atoms with E-state index in [-0.39, 0.29) is 41.7 Å². The summed E-state index contributed by atoms with van der Waals surface area (Å²) >= 11 is 0. The number of halogens is 1. The smallest absolute Gasteiger partial charge is 0.239 e. The maximum absolute atomic E-state index is 12.6. The molecule has 2 fully saturated rings. The van der Waals surface area contributed by atoms with Gasteiger partial charge in [-0.2, -0.15) is 0 Å². The number of hydrogen-bond donors (Lipinski definition) is 2. The lowest BCUT2D eigenvalue weighted by atomic mass is 10.2. The SMILES string of the molecule is CCNC(=NCCCNS(=O)(=O)CC)N1CCN(C(C)C(=O)N2CCCC2)CC1.I. The second kappa shape index (κ2) is 13.7. The molecule has 2 aliphatic rings. The average Bonchev–Trinajstić information content (AvgIpc) is 3.26. The quantitative estimate of drug-likeness (QED) is 0.186. The van der Waals surface area contributed by atoms with Crippen molar-refractivity contribution in [1.82, 2.24) is 24.7 Å². The molecule has 2 saturated heterocycles. The van der Waals surface area contributed by atoms with Gasteiger partial charge in [-0.25, -0.2) is 13.1 Å². The van der Waals surface area contributed by atoms with Gasteiger partial charge in [-0.3, -0.25) is 14.7 Å². The molecule has 0 aromatic rings. The Bertz CT molecular complexity index is 647. The molecule has 30 heavy (non-hydrogen) atoms. The van der Waals surface area contributed by atoms with Crippen molar-refractivity contribution >= 4 is 45.9 Å². The number of rotatable bonds is 9. The Morgan fingerprint density at radius 2 is 1.67 bits per heavy atom. The Labute approximate surface area is 199 Å². The van der Waals surface area contributed by atoms with Crippen LogP contribution in [0.3, 0.4) is 0 Å². The van der Waals surface area contributed by atoms with Gasteiger partial charge in [-0.15, -0.1) is 24.0 Å². The van der Waals surface area contributed by atoms with E-state index in [2.05, 4.69) is 24.8 Å². The fourth-order valence-electron chi connectivity index (χ4n) is 3.70. The fraction of sp³-hybridized carbons (Fsp3) is 0.895. The largest absolute Gasteiger partial charge is 0.357 e. The summed E-state index contributed by atoms with van der Waals surface area (Å²) < 4.78 is 25.5. The predicted molar refractivity (Wildman–Crippen MR) is 132 cm³/mol. The number of hydrogen-bond acceptors (Lipinski definition) is 5. The standard InChI is InChI=1S/C19H38N6O3S.HI/c1-4-20-19(21-9-8-10-22-29(27,28)5-2)25-15-13-23(14-16-25)17(3)18(26)24-11-6-7-12-24;/h17,22H,4-16H2,1-3H3,(H,20,21);1H. The van der Waals surface area contributed by atoms with Crippen LogP contribution >= 0.6 is 24.0 Å². The zero-order valence-electron chi connectivity index (χ0n) is 18.6. The summed E-state index contributed by atoms with van der Waals surface area (Å²) in [5.74, 6) is 1.22. The lowest BCUT2D eigenvalue weighted by Gasteiger charge is -2.39. The number of amides is 1. The topological polar surface area (TPSA) is 97.3 Å². The van der Waals surface area contributed by atoms with Crippen molar-refractivity contribution in [2.75, 3.05) is 64.7 Å². The highest BCUT2D eigenvalue weighted by atomic mass is 127. The van der Waals surface area contributed by atoms with Gasteiger partial charge >= 0.3 is 0 Å². The number of sulfonamides is 1. The zero-order chi connectivity index (χ0) is 21.3. The van der Waals surface area contributed by atoms with Gasteiger partial charge in [0.05, 0.1) is 11.8 Å². The second-order valence-electron chi connectivity index (χ2n) is 7.62. The maximum atomic E-state index is 12.6. The molecular formula is C19H39IN6O3S. The molecule has 1 amide bonds. The Balaban J connectivity index is 0.00000450. The number of nitrogens with one attached hydrogen (secondary N) is 2. The number of piperazine rings is 1. The van der Waals surface area contributed by atoms with Crippen molar-refractivity contribution in [2.45, 2.75) is 46.1 Å². The summed E-state index contributed by atoms with van der Waals surface area (Å²) in [6.45, 7) is 12.6. The summed E-state index contributed by atoms with van der Waals surface area (Å²) in [4.78, 5) is 23.8. The van der Waals surface area contributed by atoms with Crippen molar-refractivity contribution in [3.63, 3.8) is 0 Å². The maximum Gasteiger partial charge on any atom is 0.239 e. The third-order valence-electron chi connectivity index (χ3n) is 5.57. The Kier molecular flexibility index (Phi) is 12.5. The van der Waals surface area contributed by atoms with Crippen LogP contribution in [0.1, 0.15) is 40.0 Å². The Morgan fingerprint density at radius 1 is 1.03 bits per heavy atom. The van der Waals surface area contributed by atoms with Crippen LogP contribution in [-0.4, -0.2) is 106 Å². The first kappa shape index (κ1) is 27.4. The number of likely N-dealkylation sites (tertiary alicyclic amines) is 1.